The molecule has 0 bridgehead atoms. The van der Waals surface area contributed by atoms with Crippen LogP contribution in [-0.2, 0) is 4.74 Å². The number of nitrogens with zero attached hydrogens (tertiary/aromatic N) is 1. The van der Waals surface area contributed by atoms with E-state index in [1.165, 1.54) is 0 Å². The molecule has 1 aliphatic rings. The lowest BCUT2D eigenvalue weighted by Gasteiger charge is -2.29. The average molecular weight is 202 g/mol. The minimum absolute atomic E-state index is 0.638. The van der Waals surface area contributed by atoms with Gasteiger partial charge < -0.3 is 15.0 Å². The molecule has 0 aliphatic carbocycles. The van der Waals surface area contributed by atoms with Crippen LogP contribution in [0.5, 0.6) is 0 Å². The Morgan fingerprint density at radius 1 is 1.46 bits per heavy atom. The lowest BCUT2D eigenvalue weighted by Crippen LogP contribution is -2.46. The molecule has 1 rings (SSSR count). The van der Waals surface area contributed by atoms with Crippen LogP contribution >= 0.6 is 12.2 Å². The summed E-state index contributed by atoms with van der Waals surface area (Å²) < 4.78 is 5.25. The number of nitrogens with one attached hydrogen (secondary N) is 1. The van der Waals surface area contributed by atoms with Crippen molar-refractivity contribution in [1.29, 1.82) is 0 Å². The summed E-state index contributed by atoms with van der Waals surface area (Å²) >= 11 is 5.25. The molecule has 1 heterocycles. The number of thiocarbonyl (C=S) groups is 1. The fourth-order valence-corrected chi connectivity index (χ4v) is 1.44. The zero-order valence-corrected chi connectivity index (χ0v) is 9.19. The van der Waals surface area contributed by atoms with Crippen molar-refractivity contribution in [1.82, 2.24) is 10.2 Å². The first-order valence-electron chi connectivity index (χ1n) is 4.80. The molecule has 0 amide bonds. The predicted octanol–water partition coefficient (Wildman–Crippen LogP) is 0.849. The quantitative estimate of drug-likeness (QED) is 0.671. The van der Waals surface area contributed by atoms with Crippen molar-refractivity contribution >= 4 is 17.3 Å². The summed E-state index contributed by atoms with van der Waals surface area (Å²) in [5, 5.41) is 4.13. The fraction of sp³-hybridized carbons (Fsp3) is 0.889. The van der Waals surface area contributed by atoms with E-state index < -0.39 is 0 Å². The molecule has 13 heavy (non-hydrogen) atoms. The van der Waals surface area contributed by atoms with Gasteiger partial charge in [0.15, 0.2) is 5.11 Å². The molecular formula is C9H18N2OS. The zero-order chi connectivity index (χ0) is 9.68. The van der Waals surface area contributed by atoms with E-state index >= 15 is 0 Å². The number of rotatable bonds is 2. The predicted molar refractivity (Wildman–Crippen MR) is 57.8 cm³/mol. The first-order chi connectivity index (χ1) is 6.20. The second-order valence-corrected chi connectivity index (χ2v) is 4.07. The van der Waals surface area contributed by atoms with Crippen LogP contribution in [0.3, 0.4) is 0 Å². The summed E-state index contributed by atoms with van der Waals surface area (Å²) in [5.74, 6) is 0.638. The van der Waals surface area contributed by atoms with Gasteiger partial charge in [-0.1, -0.05) is 13.8 Å². The van der Waals surface area contributed by atoms with Crippen molar-refractivity contribution in [3.63, 3.8) is 0 Å². The van der Waals surface area contributed by atoms with Gasteiger partial charge in [-0.05, 0) is 18.1 Å². The van der Waals surface area contributed by atoms with Crippen molar-refractivity contribution in [3.8, 4) is 0 Å². The van der Waals surface area contributed by atoms with Crippen molar-refractivity contribution in [2.75, 3.05) is 32.8 Å². The van der Waals surface area contributed by atoms with Gasteiger partial charge in [0.2, 0.25) is 0 Å². The minimum Gasteiger partial charge on any atom is -0.378 e. The van der Waals surface area contributed by atoms with Crippen LogP contribution in [-0.4, -0.2) is 42.9 Å². The van der Waals surface area contributed by atoms with Crippen molar-refractivity contribution in [2.24, 2.45) is 5.92 Å². The molecule has 0 spiro atoms. The van der Waals surface area contributed by atoms with Gasteiger partial charge in [0.25, 0.3) is 0 Å². The van der Waals surface area contributed by atoms with E-state index in [4.69, 9.17) is 17.0 Å². The SMILES string of the molecule is CC(C)CNC(=S)N1CCOCC1. The summed E-state index contributed by atoms with van der Waals surface area (Å²) in [5.41, 5.74) is 0. The van der Waals surface area contributed by atoms with Crippen LogP contribution in [0, 0.1) is 5.92 Å². The molecule has 0 atom stereocenters. The number of morpholine rings is 1. The summed E-state index contributed by atoms with van der Waals surface area (Å²) in [4.78, 5) is 2.17. The number of ether oxygens (including phenoxy) is 1. The molecule has 0 aromatic heterocycles. The third-order valence-corrected chi connectivity index (χ3v) is 2.36. The zero-order valence-electron chi connectivity index (χ0n) is 8.38. The van der Waals surface area contributed by atoms with E-state index in [-0.39, 0.29) is 0 Å². The highest BCUT2D eigenvalue weighted by Crippen LogP contribution is 1.98. The molecule has 1 saturated heterocycles. The molecular weight excluding hydrogens is 184 g/mol. The molecule has 1 aliphatic heterocycles. The van der Waals surface area contributed by atoms with Gasteiger partial charge in [0.05, 0.1) is 13.2 Å². The topological polar surface area (TPSA) is 24.5 Å². The van der Waals surface area contributed by atoms with E-state index in [1.54, 1.807) is 0 Å². The van der Waals surface area contributed by atoms with E-state index in [0.717, 1.165) is 38.0 Å². The third kappa shape index (κ3) is 3.91. The smallest absolute Gasteiger partial charge is 0.169 e. The molecule has 0 aromatic rings. The van der Waals surface area contributed by atoms with E-state index in [9.17, 15) is 0 Å². The fourth-order valence-electron chi connectivity index (χ4n) is 1.17. The van der Waals surface area contributed by atoms with Gasteiger partial charge in [0, 0.05) is 19.6 Å². The molecule has 3 nitrogen and oxygen atoms in total. The average Bonchev–Trinajstić information content (AvgIpc) is 2.15. The van der Waals surface area contributed by atoms with Gasteiger partial charge in [-0.3, -0.25) is 0 Å². The number of hydrogen-bond acceptors (Lipinski definition) is 2. The maximum absolute atomic E-state index is 5.25. The summed E-state index contributed by atoms with van der Waals surface area (Å²) in [6, 6.07) is 0. The van der Waals surface area contributed by atoms with Crippen molar-refractivity contribution in [3.05, 3.63) is 0 Å². The largest absolute Gasteiger partial charge is 0.378 e. The molecule has 1 N–H and O–H groups in total. The van der Waals surface area contributed by atoms with Gasteiger partial charge in [-0.15, -0.1) is 0 Å². The normalized spacial score (nSPS) is 17.6. The van der Waals surface area contributed by atoms with E-state index in [0.29, 0.717) is 5.92 Å². The van der Waals surface area contributed by atoms with E-state index in [1.807, 2.05) is 0 Å². The molecule has 0 radical (unpaired) electrons. The Hall–Kier alpha value is -0.350. The standard InChI is InChI=1S/C9H18N2OS/c1-8(2)7-10-9(13)11-3-5-12-6-4-11/h8H,3-7H2,1-2H3,(H,10,13). The Labute approximate surface area is 85.4 Å². The lowest BCUT2D eigenvalue weighted by molar-refractivity contribution is 0.0676. The molecule has 76 valence electrons. The Bertz CT molecular complexity index is 167. The van der Waals surface area contributed by atoms with Gasteiger partial charge >= 0.3 is 0 Å². The molecule has 0 aromatic carbocycles. The lowest BCUT2D eigenvalue weighted by atomic mass is 10.2. The van der Waals surface area contributed by atoms with Crippen LogP contribution in [0.25, 0.3) is 0 Å². The molecule has 0 saturated carbocycles. The summed E-state index contributed by atoms with van der Waals surface area (Å²) in [6.45, 7) is 8.74. The third-order valence-electron chi connectivity index (χ3n) is 1.96. The van der Waals surface area contributed by atoms with Crippen molar-refractivity contribution in [2.45, 2.75) is 13.8 Å². The Morgan fingerprint density at radius 2 is 2.08 bits per heavy atom. The van der Waals surface area contributed by atoms with Gasteiger partial charge in [-0.2, -0.15) is 0 Å². The van der Waals surface area contributed by atoms with Gasteiger partial charge in [0.1, 0.15) is 0 Å². The molecule has 4 heteroatoms. The van der Waals surface area contributed by atoms with E-state index in [2.05, 4.69) is 24.1 Å². The molecule has 0 unspecified atom stereocenters. The van der Waals surface area contributed by atoms with Crippen LogP contribution in [0.15, 0.2) is 0 Å². The minimum atomic E-state index is 0.638. The van der Waals surface area contributed by atoms with Gasteiger partial charge in [-0.25, -0.2) is 0 Å². The maximum Gasteiger partial charge on any atom is 0.169 e. The highest BCUT2D eigenvalue weighted by molar-refractivity contribution is 7.80. The second kappa shape index (κ2) is 5.40. The first kappa shape index (κ1) is 10.7. The maximum atomic E-state index is 5.25. The first-order valence-corrected chi connectivity index (χ1v) is 5.21. The van der Waals surface area contributed by atoms with Crippen LogP contribution in [0.4, 0.5) is 0 Å². The number of hydrogen-bond donors (Lipinski definition) is 1. The Kier molecular flexibility index (Phi) is 4.45. The monoisotopic (exact) mass is 202 g/mol. The van der Waals surface area contributed by atoms with Crippen LogP contribution in [0.2, 0.25) is 0 Å². The van der Waals surface area contributed by atoms with Crippen molar-refractivity contribution < 1.29 is 4.74 Å². The molecule has 1 fully saturated rings. The highest BCUT2D eigenvalue weighted by Gasteiger charge is 2.12. The van der Waals surface area contributed by atoms with Crippen LogP contribution in [0.1, 0.15) is 13.8 Å². The summed E-state index contributed by atoms with van der Waals surface area (Å²) in [7, 11) is 0. The highest BCUT2D eigenvalue weighted by atomic mass is 32.1. The second-order valence-electron chi connectivity index (χ2n) is 3.68. The Balaban J connectivity index is 2.21. The summed E-state index contributed by atoms with van der Waals surface area (Å²) in [6.07, 6.45) is 0. The Morgan fingerprint density at radius 3 is 2.62 bits per heavy atom. The van der Waals surface area contributed by atoms with Crippen LogP contribution < -0.4 is 5.32 Å².